The molecular formula is C16H20N2O2S. The van der Waals surface area contributed by atoms with Gasteiger partial charge in [0.1, 0.15) is 11.5 Å². The van der Waals surface area contributed by atoms with Crippen LogP contribution < -0.4 is 16.2 Å². The van der Waals surface area contributed by atoms with E-state index in [1.54, 1.807) is 0 Å². The van der Waals surface area contributed by atoms with Crippen molar-refractivity contribution in [2.24, 2.45) is 5.73 Å². The molecule has 2 unspecified atom stereocenters. The minimum atomic E-state index is -0.0904. The molecule has 0 spiro atoms. The minimum absolute atomic E-state index is 0.0904. The third-order valence-electron chi connectivity index (χ3n) is 3.74. The van der Waals surface area contributed by atoms with Crippen molar-refractivity contribution in [3.63, 3.8) is 0 Å². The van der Waals surface area contributed by atoms with Crippen LogP contribution in [0.3, 0.4) is 0 Å². The van der Waals surface area contributed by atoms with Crippen molar-refractivity contribution in [1.29, 1.82) is 0 Å². The summed E-state index contributed by atoms with van der Waals surface area (Å²) in [6.45, 7) is 5.16. The summed E-state index contributed by atoms with van der Waals surface area (Å²) in [5, 5.41) is 0.251. The Morgan fingerprint density at radius 2 is 1.95 bits per heavy atom. The fourth-order valence-corrected chi connectivity index (χ4v) is 4.04. The van der Waals surface area contributed by atoms with Gasteiger partial charge >= 0.3 is 0 Å². The summed E-state index contributed by atoms with van der Waals surface area (Å²) in [6.07, 6.45) is 4.10. The first-order valence-electron chi connectivity index (χ1n) is 7.14. The van der Waals surface area contributed by atoms with Crippen molar-refractivity contribution >= 4 is 17.4 Å². The third-order valence-corrected chi connectivity index (χ3v) is 5.31. The molecule has 0 bridgehead atoms. The van der Waals surface area contributed by atoms with Gasteiger partial charge in [-0.25, -0.2) is 0 Å². The maximum Gasteiger partial charge on any atom is 0.142 e. The lowest BCUT2D eigenvalue weighted by atomic mass is 9.90. The Morgan fingerprint density at radius 3 is 2.67 bits per heavy atom. The van der Waals surface area contributed by atoms with Gasteiger partial charge < -0.3 is 20.9 Å². The molecule has 21 heavy (non-hydrogen) atoms. The fraction of sp³-hybridized carbons (Fsp3) is 0.375. The van der Waals surface area contributed by atoms with Gasteiger partial charge in [0, 0.05) is 0 Å². The molecule has 1 heterocycles. The van der Waals surface area contributed by atoms with E-state index in [4.69, 9.17) is 20.9 Å². The third kappa shape index (κ3) is 2.25. The van der Waals surface area contributed by atoms with Gasteiger partial charge in [-0.05, 0) is 37.6 Å². The Hall–Kier alpha value is -1.75. The normalized spacial score (nSPS) is 26.5. The number of anilines is 1. The molecule has 4 nitrogen and oxygen atoms in total. The maximum atomic E-state index is 6.03. The summed E-state index contributed by atoms with van der Waals surface area (Å²) in [6, 6.07) is 5.99. The van der Waals surface area contributed by atoms with Gasteiger partial charge in [0.15, 0.2) is 0 Å². The van der Waals surface area contributed by atoms with Crippen molar-refractivity contribution < 1.29 is 9.47 Å². The molecule has 3 rings (SSSR count). The van der Waals surface area contributed by atoms with Gasteiger partial charge in [-0.3, -0.25) is 0 Å². The zero-order chi connectivity index (χ0) is 15.0. The topological polar surface area (TPSA) is 70.5 Å². The van der Waals surface area contributed by atoms with Crippen LogP contribution in [0.2, 0.25) is 0 Å². The van der Waals surface area contributed by atoms with Crippen LogP contribution in [0.5, 0.6) is 5.75 Å². The van der Waals surface area contributed by atoms with Gasteiger partial charge in [0.05, 0.1) is 34.6 Å². The molecule has 5 heteroatoms. The number of nitrogen functional groups attached to an aromatic ring is 1. The zero-order valence-electron chi connectivity index (χ0n) is 12.3. The van der Waals surface area contributed by atoms with Crippen molar-refractivity contribution in [3.05, 3.63) is 47.4 Å². The largest absolute Gasteiger partial charge is 0.495 e. The quantitative estimate of drug-likeness (QED) is 0.646. The van der Waals surface area contributed by atoms with E-state index < -0.39 is 0 Å². The minimum Gasteiger partial charge on any atom is -0.495 e. The Kier molecular flexibility index (Phi) is 3.53. The van der Waals surface area contributed by atoms with E-state index in [2.05, 4.69) is 12.1 Å². The van der Waals surface area contributed by atoms with Crippen LogP contribution >= 0.6 is 11.8 Å². The molecule has 1 aliphatic heterocycles. The lowest BCUT2D eigenvalue weighted by molar-refractivity contribution is 0.218. The first-order chi connectivity index (χ1) is 10.1. The Labute approximate surface area is 129 Å². The number of thioether (sulfide) groups is 1. The monoisotopic (exact) mass is 304 g/mol. The van der Waals surface area contributed by atoms with E-state index in [9.17, 15) is 0 Å². The molecular weight excluding hydrogens is 284 g/mol. The summed E-state index contributed by atoms with van der Waals surface area (Å²) in [7, 11) is 0. The number of ether oxygens (including phenoxy) is 2. The predicted molar refractivity (Wildman–Crippen MR) is 87.1 cm³/mol. The van der Waals surface area contributed by atoms with E-state index in [0.717, 1.165) is 17.2 Å². The van der Waals surface area contributed by atoms with E-state index in [1.807, 2.05) is 43.8 Å². The molecule has 112 valence electrons. The molecule has 1 aromatic carbocycles. The molecule has 1 saturated heterocycles. The Morgan fingerprint density at radius 1 is 1.19 bits per heavy atom. The number of benzene rings is 1. The summed E-state index contributed by atoms with van der Waals surface area (Å²) in [5.41, 5.74) is 14.6. The van der Waals surface area contributed by atoms with Crippen LogP contribution in [0.4, 0.5) is 5.69 Å². The van der Waals surface area contributed by atoms with Gasteiger partial charge in [-0.15, -0.1) is 11.8 Å². The number of hydrogen-bond acceptors (Lipinski definition) is 5. The highest BCUT2D eigenvalue weighted by Crippen LogP contribution is 2.67. The highest BCUT2D eigenvalue weighted by atomic mass is 32.2. The second-order valence-corrected chi connectivity index (χ2v) is 6.45. The molecule has 0 saturated carbocycles. The van der Waals surface area contributed by atoms with Gasteiger partial charge in [-0.1, -0.05) is 12.1 Å². The Balaban J connectivity index is 1.93. The average Bonchev–Trinajstić information content (AvgIpc) is 3.21. The second kappa shape index (κ2) is 5.22. The number of allylic oxidation sites excluding steroid dienone is 1. The van der Waals surface area contributed by atoms with Crippen LogP contribution in [0.25, 0.3) is 0 Å². The van der Waals surface area contributed by atoms with Gasteiger partial charge in [0.25, 0.3) is 0 Å². The SMILES string of the molecule is CCOC1=C(N)C=CC2(c3ccc(N)c(OCC)c3)SC12. The van der Waals surface area contributed by atoms with E-state index in [1.165, 1.54) is 5.56 Å². The molecule has 1 fully saturated rings. The molecule has 0 radical (unpaired) electrons. The van der Waals surface area contributed by atoms with Crippen LogP contribution in [-0.2, 0) is 9.48 Å². The van der Waals surface area contributed by atoms with E-state index >= 15 is 0 Å². The second-order valence-electron chi connectivity index (χ2n) is 5.06. The Bertz CT molecular complexity index is 627. The number of fused-ring (bicyclic) bond motifs is 1. The first-order valence-corrected chi connectivity index (χ1v) is 8.02. The smallest absolute Gasteiger partial charge is 0.142 e. The van der Waals surface area contributed by atoms with Crippen molar-refractivity contribution in [2.75, 3.05) is 18.9 Å². The molecule has 2 aliphatic rings. The molecule has 0 aromatic heterocycles. The zero-order valence-corrected chi connectivity index (χ0v) is 13.1. The number of nitrogens with two attached hydrogens (primary N) is 2. The van der Waals surface area contributed by atoms with Crippen LogP contribution in [0.15, 0.2) is 41.8 Å². The van der Waals surface area contributed by atoms with Crippen molar-refractivity contribution in [3.8, 4) is 5.75 Å². The standard InChI is InChI=1S/C16H20N2O2S/c1-3-19-13-9-10(5-6-11(13)17)16-8-7-12(18)14(20-4-2)15(16)21-16/h5-9,15H,3-4,17-18H2,1-2H3. The lowest BCUT2D eigenvalue weighted by Gasteiger charge is -2.20. The maximum absolute atomic E-state index is 6.03. The van der Waals surface area contributed by atoms with Crippen LogP contribution in [-0.4, -0.2) is 18.5 Å². The highest BCUT2D eigenvalue weighted by molar-refractivity contribution is 8.08. The number of rotatable bonds is 5. The predicted octanol–water partition coefficient (Wildman–Crippen LogP) is 2.75. The summed E-state index contributed by atoms with van der Waals surface area (Å²) in [4.78, 5) is 0. The highest BCUT2D eigenvalue weighted by Gasteiger charge is 2.60. The van der Waals surface area contributed by atoms with Crippen LogP contribution in [0, 0.1) is 0 Å². The van der Waals surface area contributed by atoms with E-state index in [-0.39, 0.29) is 10.00 Å². The molecule has 4 N–H and O–H groups in total. The van der Waals surface area contributed by atoms with Gasteiger partial charge in [-0.2, -0.15) is 0 Å². The lowest BCUT2D eigenvalue weighted by Crippen LogP contribution is -2.20. The molecule has 2 atom stereocenters. The summed E-state index contributed by atoms with van der Waals surface area (Å²) in [5.74, 6) is 1.63. The average molecular weight is 304 g/mol. The fourth-order valence-electron chi connectivity index (χ4n) is 2.67. The van der Waals surface area contributed by atoms with E-state index in [0.29, 0.717) is 18.9 Å². The van der Waals surface area contributed by atoms with Crippen molar-refractivity contribution in [1.82, 2.24) is 0 Å². The summed E-state index contributed by atoms with van der Waals surface area (Å²) >= 11 is 1.84. The van der Waals surface area contributed by atoms with Crippen LogP contribution in [0.1, 0.15) is 19.4 Å². The van der Waals surface area contributed by atoms with Crippen molar-refractivity contribution in [2.45, 2.75) is 23.8 Å². The molecule has 1 aliphatic carbocycles. The number of hydrogen-bond donors (Lipinski definition) is 2. The summed E-state index contributed by atoms with van der Waals surface area (Å²) < 4.78 is 11.2. The molecule has 0 amide bonds. The van der Waals surface area contributed by atoms with Gasteiger partial charge in [0.2, 0.25) is 0 Å². The molecule has 1 aromatic rings. The first kappa shape index (κ1) is 14.2.